The molecule has 0 saturated heterocycles. The van der Waals surface area contributed by atoms with Gasteiger partial charge in [-0.3, -0.25) is 0 Å². The van der Waals surface area contributed by atoms with Crippen molar-refractivity contribution in [2.45, 2.75) is 45.6 Å². The highest BCUT2D eigenvalue weighted by atomic mass is 16.5. The average molecular weight is 301 g/mol. The first-order valence-electron chi connectivity index (χ1n) is 8.24. The second-order valence-electron chi connectivity index (χ2n) is 5.59. The Bertz CT molecular complexity index is 508. The molecule has 0 aliphatic carbocycles. The maximum atomic E-state index is 5.69. The summed E-state index contributed by atoms with van der Waals surface area (Å²) in [6.45, 7) is 6.15. The first-order chi connectivity index (χ1) is 10.8. The highest BCUT2D eigenvalue weighted by Gasteiger charge is 2.05. The molecule has 0 spiro atoms. The van der Waals surface area contributed by atoms with E-state index in [4.69, 9.17) is 4.74 Å². The molecule has 120 valence electrons. The third kappa shape index (κ3) is 5.53. The van der Waals surface area contributed by atoms with Crippen LogP contribution in [0.4, 0.5) is 0 Å². The highest BCUT2D eigenvalue weighted by Crippen LogP contribution is 2.17. The largest absolute Gasteiger partial charge is 0.494 e. The van der Waals surface area contributed by atoms with Gasteiger partial charge in [-0.25, -0.2) is 4.98 Å². The number of benzene rings is 1. The number of H-pyrrole nitrogens is 1. The maximum absolute atomic E-state index is 5.69. The summed E-state index contributed by atoms with van der Waals surface area (Å²) in [6.07, 6.45) is 8.00. The predicted molar refractivity (Wildman–Crippen MR) is 90.2 cm³/mol. The third-order valence-electron chi connectivity index (χ3n) is 3.74. The summed E-state index contributed by atoms with van der Waals surface area (Å²) in [6, 6.07) is 8.76. The first-order valence-corrected chi connectivity index (χ1v) is 8.24. The van der Waals surface area contributed by atoms with Crippen LogP contribution in [0.15, 0.2) is 36.7 Å². The van der Waals surface area contributed by atoms with Gasteiger partial charge in [-0.2, -0.15) is 0 Å². The molecular formula is C18H27N3O. The number of unbranched alkanes of at least 4 members (excludes halogenated alkanes) is 1. The van der Waals surface area contributed by atoms with Gasteiger partial charge in [0.2, 0.25) is 0 Å². The zero-order valence-electron chi connectivity index (χ0n) is 13.6. The maximum Gasteiger partial charge on any atom is 0.119 e. The van der Waals surface area contributed by atoms with E-state index in [1.165, 1.54) is 5.56 Å². The molecule has 0 bridgehead atoms. The van der Waals surface area contributed by atoms with Crippen molar-refractivity contribution in [1.29, 1.82) is 0 Å². The molecular weight excluding hydrogens is 274 g/mol. The first kappa shape index (κ1) is 16.6. The Kier molecular flexibility index (Phi) is 6.97. The predicted octanol–water partition coefficient (Wildman–Crippen LogP) is 3.87. The number of nitrogens with one attached hydrogen (secondary N) is 2. The van der Waals surface area contributed by atoms with E-state index in [-0.39, 0.29) is 0 Å². The van der Waals surface area contributed by atoms with Crippen LogP contribution in [0, 0.1) is 0 Å². The van der Waals surface area contributed by atoms with Crippen molar-refractivity contribution in [3.8, 4) is 5.75 Å². The van der Waals surface area contributed by atoms with Crippen molar-refractivity contribution in [3.63, 3.8) is 0 Å². The second-order valence-corrected chi connectivity index (χ2v) is 5.59. The normalized spacial score (nSPS) is 12.3. The minimum Gasteiger partial charge on any atom is -0.494 e. The fourth-order valence-corrected chi connectivity index (χ4v) is 2.31. The molecule has 0 aliphatic heterocycles. The van der Waals surface area contributed by atoms with Crippen LogP contribution in [0.5, 0.6) is 5.75 Å². The monoisotopic (exact) mass is 301 g/mol. The quantitative estimate of drug-likeness (QED) is 0.655. The molecule has 0 saturated carbocycles. The fraction of sp³-hybridized carbons (Fsp3) is 0.500. The minimum absolute atomic E-state index is 0.348. The number of imidazole rings is 1. The Hall–Kier alpha value is -1.81. The van der Waals surface area contributed by atoms with Crippen LogP contribution in [-0.4, -0.2) is 23.1 Å². The van der Waals surface area contributed by atoms with Crippen LogP contribution >= 0.6 is 0 Å². The van der Waals surface area contributed by atoms with Crippen LogP contribution in [0.1, 0.15) is 50.5 Å². The molecule has 2 aromatic rings. The van der Waals surface area contributed by atoms with E-state index in [2.05, 4.69) is 53.4 Å². The van der Waals surface area contributed by atoms with Gasteiger partial charge in [-0.15, -0.1) is 0 Å². The smallest absolute Gasteiger partial charge is 0.119 e. The van der Waals surface area contributed by atoms with E-state index in [1.807, 2.05) is 6.20 Å². The van der Waals surface area contributed by atoms with E-state index in [0.29, 0.717) is 6.04 Å². The second kappa shape index (κ2) is 9.26. The molecule has 0 aliphatic rings. The molecule has 2 N–H and O–H groups in total. The number of hydrogen-bond donors (Lipinski definition) is 2. The van der Waals surface area contributed by atoms with Gasteiger partial charge in [-0.05, 0) is 44.0 Å². The Labute approximate surface area is 133 Å². The number of hydrogen-bond acceptors (Lipinski definition) is 3. The van der Waals surface area contributed by atoms with E-state index in [0.717, 1.165) is 50.4 Å². The van der Waals surface area contributed by atoms with Gasteiger partial charge in [0, 0.05) is 24.9 Å². The van der Waals surface area contributed by atoms with Crippen LogP contribution in [-0.2, 0) is 6.42 Å². The number of aromatic amines is 1. The van der Waals surface area contributed by atoms with Gasteiger partial charge in [-0.1, -0.05) is 25.5 Å². The zero-order chi connectivity index (χ0) is 15.6. The van der Waals surface area contributed by atoms with Gasteiger partial charge < -0.3 is 15.0 Å². The van der Waals surface area contributed by atoms with Gasteiger partial charge in [0.05, 0.1) is 6.61 Å². The molecule has 22 heavy (non-hydrogen) atoms. The van der Waals surface area contributed by atoms with Crippen molar-refractivity contribution in [2.24, 2.45) is 0 Å². The fourth-order valence-electron chi connectivity index (χ4n) is 2.31. The number of aromatic nitrogens is 2. The van der Waals surface area contributed by atoms with E-state index in [1.54, 1.807) is 6.20 Å². The molecule has 0 radical (unpaired) electrons. The van der Waals surface area contributed by atoms with E-state index < -0.39 is 0 Å². The van der Waals surface area contributed by atoms with Crippen LogP contribution < -0.4 is 10.1 Å². The number of aryl methyl sites for hydroxylation is 1. The number of nitrogens with zero attached hydrogens (tertiary/aromatic N) is 1. The highest BCUT2D eigenvalue weighted by molar-refractivity contribution is 5.28. The summed E-state index contributed by atoms with van der Waals surface area (Å²) in [4.78, 5) is 7.37. The lowest BCUT2D eigenvalue weighted by atomic mass is 10.1. The summed E-state index contributed by atoms with van der Waals surface area (Å²) in [5.41, 5.74) is 1.29. The van der Waals surface area contributed by atoms with Crippen molar-refractivity contribution < 1.29 is 4.74 Å². The van der Waals surface area contributed by atoms with Crippen molar-refractivity contribution >= 4 is 0 Å². The Balaban J connectivity index is 1.69. The summed E-state index contributed by atoms with van der Waals surface area (Å²) in [5, 5.41) is 3.55. The Morgan fingerprint density at radius 3 is 2.73 bits per heavy atom. The van der Waals surface area contributed by atoms with Crippen molar-refractivity contribution in [3.05, 3.63) is 48.0 Å². The summed E-state index contributed by atoms with van der Waals surface area (Å²) < 4.78 is 5.69. The minimum atomic E-state index is 0.348. The SMILES string of the molecule is CCCCOc1ccc(C(C)NCCCc2ncc[nH]2)cc1. The standard InChI is InChI=1S/C18H27N3O/c1-3-4-14-22-17-9-7-16(8-10-17)15(2)19-11-5-6-18-20-12-13-21-18/h7-10,12-13,15,19H,3-6,11,14H2,1-2H3,(H,20,21). The molecule has 4 nitrogen and oxygen atoms in total. The van der Waals surface area contributed by atoms with Gasteiger partial charge >= 0.3 is 0 Å². The number of ether oxygens (including phenoxy) is 1. The van der Waals surface area contributed by atoms with E-state index in [9.17, 15) is 0 Å². The molecule has 1 heterocycles. The van der Waals surface area contributed by atoms with Crippen molar-refractivity contribution in [2.75, 3.05) is 13.2 Å². The molecule has 1 aromatic carbocycles. The lowest BCUT2D eigenvalue weighted by Gasteiger charge is -2.15. The van der Waals surface area contributed by atoms with Gasteiger partial charge in [0.25, 0.3) is 0 Å². The Morgan fingerprint density at radius 1 is 1.23 bits per heavy atom. The van der Waals surface area contributed by atoms with Crippen molar-refractivity contribution in [1.82, 2.24) is 15.3 Å². The van der Waals surface area contributed by atoms with E-state index >= 15 is 0 Å². The Morgan fingerprint density at radius 2 is 2.05 bits per heavy atom. The molecule has 4 heteroatoms. The average Bonchev–Trinajstić information content (AvgIpc) is 3.06. The van der Waals surface area contributed by atoms with Gasteiger partial charge in [0.1, 0.15) is 11.6 Å². The summed E-state index contributed by atoms with van der Waals surface area (Å²) >= 11 is 0. The molecule has 1 unspecified atom stereocenters. The molecule has 0 amide bonds. The molecule has 0 fully saturated rings. The lowest BCUT2D eigenvalue weighted by molar-refractivity contribution is 0.309. The van der Waals surface area contributed by atoms with Gasteiger partial charge in [0.15, 0.2) is 0 Å². The van der Waals surface area contributed by atoms with Crippen LogP contribution in [0.3, 0.4) is 0 Å². The molecule has 1 aromatic heterocycles. The number of rotatable bonds is 10. The lowest BCUT2D eigenvalue weighted by Crippen LogP contribution is -2.20. The summed E-state index contributed by atoms with van der Waals surface area (Å²) in [7, 11) is 0. The zero-order valence-corrected chi connectivity index (χ0v) is 13.6. The van der Waals surface area contributed by atoms with Crippen LogP contribution in [0.2, 0.25) is 0 Å². The molecule has 1 atom stereocenters. The third-order valence-corrected chi connectivity index (χ3v) is 3.74. The topological polar surface area (TPSA) is 49.9 Å². The molecule has 2 rings (SSSR count). The van der Waals surface area contributed by atoms with Crippen LogP contribution in [0.25, 0.3) is 0 Å². The summed E-state index contributed by atoms with van der Waals surface area (Å²) in [5.74, 6) is 2.02.